The third-order valence-corrected chi connectivity index (χ3v) is 5.66. The molecule has 3 heteroatoms. The minimum atomic E-state index is -0.354. The second-order valence-corrected chi connectivity index (χ2v) is 8.26. The molecule has 2 fully saturated rings. The molecule has 0 amide bonds. The normalized spacial score (nSPS) is 31.8. The summed E-state index contributed by atoms with van der Waals surface area (Å²) in [5, 5.41) is 0. The fraction of sp³-hybridized carbons (Fsp3) is 0.944. The molecule has 3 nitrogen and oxygen atoms in total. The van der Waals surface area contributed by atoms with Crippen LogP contribution in [0.5, 0.6) is 0 Å². The van der Waals surface area contributed by atoms with Gasteiger partial charge in [-0.3, -0.25) is 9.69 Å². The predicted octanol–water partition coefficient (Wildman–Crippen LogP) is 3.80. The summed E-state index contributed by atoms with van der Waals surface area (Å²) in [6.07, 6.45) is 5.47. The van der Waals surface area contributed by atoms with Crippen LogP contribution in [-0.2, 0) is 9.53 Å². The predicted molar refractivity (Wildman–Crippen MR) is 86.5 cm³/mol. The quantitative estimate of drug-likeness (QED) is 0.790. The molecule has 0 bridgehead atoms. The van der Waals surface area contributed by atoms with E-state index in [2.05, 4.69) is 46.4 Å². The fourth-order valence-corrected chi connectivity index (χ4v) is 4.29. The summed E-state index contributed by atoms with van der Waals surface area (Å²) in [5.41, 5.74) is -0.876. The molecule has 0 aromatic rings. The van der Waals surface area contributed by atoms with Crippen molar-refractivity contribution in [2.75, 3.05) is 13.1 Å². The molecule has 2 rings (SSSR count). The lowest BCUT2D eigenvalue weighted by Gasteiger charge is -2.44. The molecule has 0 spiro atoms. The first-order valence-corrected chi connectivity index (χ1v) is 8.62. The van der Waals surface area contributed by atoms with Crippen LogP contribution in [0.4, 0.5) is 0 Å². The maximum absolute atomic E-state index is 13.4. The highest BCUT2D eigenvalue weighted by Gasteiger charge is 2.54. The second kappa shape index (κ2) is 5.66. The van der Waals surface area contributed by atoms with Crippen LogP contribution in [0, 0.1) is 5.92 Å². The van der Waals surface area contributed by atoms with Gasteiger partial charge in [-0.15, -0.1) is 0 Å². The number of hydrogen-bond acceptors (Lipinski definition) is 3. The van der Waals surface area contributed by atoms with E-state index in [1.807, 2.05) is 0 Å². The van der Waals surface area contributed by atoms with Gasteiger partial charge in [0.1, 0.15) is 0 Å². The van der Waals surface area contributed by atoms with Gasteiger partial charge in [-0.25, -0.2) is 0 Å². The fourth-order valence-electron chi connectivity index (χ4n) is 4.29. The SMILES string of the molecule is CCC(C)(C(=O)C1CC(C)(C)OC1(C)C)N1CCCCC1. The lowest BCUT2D eigenvalue weighted by atomic mass is 9.74. The highest BCUT2D eigenvalue weighted by molar-refractivity contribution is 5.91. The largest absolute Gasteiger partial charge is 0.369 e. The van der Waals surface area contributed by atoms with Crippen molar-refractivity contribution < 1.29 is 9.53 Å². The minimum Gasteiger partial charge on any atom is -0.369 e. The molecule has 0 N–H and O–H groups in total. The number of nitrogens with zero attached hydrogens (tertiary/aromatic N) is 1. The van der Waals surface area contributed by atoms with E-state index in [9.17, 15) is 4.79 Å². The van der Waals surface area contributed by atoms with E-state index in [-0.39, 0.29) is 22.7 Å². The summed E-state index contributed by atoms with van der Waals surface area (Å²) >= 11 is 0. The van der Waals surface area contributed by atoms with Crippen LogP contribution in [0.25, 0.3) is 0 Å². The topological polar surface area (TPSA) is 29.5 Å². The number of ketones is 1. The monoisotopic (exact) mass is 295 g/mol. The Hall–Kier alpha value is -0.410. The zero-order valence-corrected chi connectivity index (χ0v) is 14.8. The number of likely N-dealkylation sites (tertiary alicyclic amines) is 1. The van der Waals surface area contributed by atoms with E-state index < -0.39 is 0 Å². The number of rotatable bonds is 4. The first kappa shape index (κ1) is 17.0. The number of Topliss-reactive ketones (excluding diaryl/α,β-unsaturated/α-hetero) is 1. The average molecular weight is 295 g/mol. The van der Waals surface area contributed by atoms with Crippen molar-refractivity contribution >= 4 is 5.78 Å². The van der Waals surface area contributed by atoms with Gasteiger partial charge in [0.2, 0.25) is 0 Å². The summed E-state index contributed by atoms with van der Waals surface area (Å²) in [6.45, 7) is 14.8. The zero-order chi connectivity index (χ0) is 15.9. The molecule has 0 saturated carbocycles. The summed E-state index contributed by atoms with van der Waals surface area (Å²) in [5.74, 6) is 0.391. The van der Waals surface area contributed by atoms with E-state index in [0.717, 1.165) is 25.9 Å². The first-order chi connectivity index (χ1) is 9.62. The Kier molecular flexibility index (Phi) is 4.57. The van der Waals surface area contributed by atoms with E-state index in [0.29, 0.717) is 5.78 Å². The van der Waals surface area contributed by atoms with Crippen LogP contribution >= 0.6 is 0 Å². The van der Waals surface area contributed by atoms with Crippen LogP contribution in [0.3, 0.4) is 0 Å². The van der Waals surface area contributed by atoms with Gasteiger partial charge in [-0.05, 0) is 73.4 Å². The first-order valence-electron chi connectivity index (χ1n) is 8.62. The average Bonchev–Trinajstić information content (AvgIpc) is 2.65. The van der Waals surface area contributed by atoms with Crippen molar-refractivity contribution in [1.29, 1.82) is 0 Å². The van der Waals surface area contributed by atoms with Crippen LogP contribution < -0.4 is 0 Å². The zero-order valence-electron chi connectivity index (χ0n) is 14.8. The summed E-state index contributed by atoms with van der Waals surface area (Å²) in [6, 6.07) is 0. The van der Waals surface area contributed by atoms with Gasteiger partial charge in [-0.2, -0.15) is 0 Å². The Balaban J connectivity index is 2.23. The van der Waals surface area contributed by atoms with Crippen molar-refractivity contribution in [3.8, 4) is 0 Å². The summed E-state index contributed by atoms with van der Waals surface area (Å²) in [7, 11) is 0. The van der Waals surface area contributed by atoms with Crippen LogP contribution in [-0.4, -0.2) is 40.5 Å². The highest BCUT2D eigenvalue weighted by atomic mass is 16.5. The number of ether oxygens (including phenoxy) is 1. The van der Waals surface area contributed by atoms with Gasteiger partial charge in [0.05, 0.1) is 22.7 Å². The van der Waals surface area contributed by atoms with Gasteiger partial charge >= 0.3 is 0 Å². The maximum atomic E-state index is 13.4. The molecule has 0 aliphatic carbocycles. The molecular weight excluding hydrogens is 262 g/mol. The molecule has 0 aromatic heterocycles. The molecule has 21 heavy (non-hydrogen) atoms. The second-order valence-electron chi connectivity index (χ2n) is 8.26. The minimum absolute atomic E-state index is 0.000577. The lowest BCUT2D eigenvalue weighted by Crippen LogP contribution is -2.57. The third kappa shape index (κ3) is 3.19. The Morgan fingerprint density at radius 2 is 1.76 bits per heavy atom. The Bertz CT molecular complexity index is 396. The van der Waals surface area contributed by atoms with Crippen molar-refractivity contribution in [3.63, 3.8) is 0 Å². The number of carbonyl (C=O) groups is 1. The maximum Gasteiger partial charge on any atom is 0.158 e. The van der Waals surface area contributed by atoms with Gasteiger partial charge in [0.25, 0.3) is 0 Å². The Morgan fingerprint density at radius 1 is 1.19 bits per heavy atom. The van der Waals surface area contributed by atoms with E-state index >= 15 is 0 Å². The van der Waals surface area contributed by atoms with E-state index in [1.54, 1.807) is 0 Å². The summed E-state index contributed by atoms with van der Waals surface area (Å²) < 4.78 is 6.16. The molecule has 2 aliphatic heterocycles. The molecule has 2 heterocycles. The van der Waals surface area contributed by atoms with Crippen molar-refractivity contribution in [3.05, 3.63) is 0 Å². The van der Waals surface area contributed by atoms with Crippen LogP contribution in [0.1, 0.15) is 73.6 Å². The lowest BCUT2D eigenvalue weighted by molar-refractivity contribution is -0.142. The van der Waals surface area contributed by atoms with E-state index in [4.69, 9.17) is 4.74 Å². The third-order valence-electron chi connectivity index (χ3n) is 5.66. The van der Waals surface area contributed by atoms with Gasteiger partial charge in [0.15, 0.2) is 5.78 Å². The molecule has 2 saturated heterocycles. The number of hydrogen-bond donors (Lipinski definition) is 0. The van der Waals surface area contributed by atoms with Gasteiger partial charge in [0, 0.05) is 0 Å². The molecule has 2 aliphatic rings. The van der Waals surface area contributed by atoms with Crippen molar-refractivity contribution in [1.82, 2.24) is 4.90 Å². The molecule has 0 aromatic carbocycles. The molecular formula is C18H33NO2. The van der Waals surface area contributed by atoms with Crippen LogP contribution in [0.15, 0.2) is 0 Å². The van der Waals surface area contributed by atoms with Crippen molar-refractivity contribution in [2.24, 2.45) is 5.92 Å². The standard InChI is InChI=1S/C18H33NO2/c1-7-18(6,19-11-9-8-10-12-19)15(20)14-13-16(2,3)21-17(14,4)5/h14H,7-13H2,1-6H3. The smallest absolute Gasteiger partial charge is 0.158 e. The molecule has 2 atom stereocenters. The van der Waals surface area contributed by atoms with Crippen LogP contribution in [0.2, 0.25) is 0 Å². The van der Waals surface area contributed by atoms with Gasteiger partial charge < -0.3 is 4.74 Å². The van der Waals surface area contributed by atoms with Gasteiger partial charge in [-0.1, -0.05) is 13.3 Å². The Morgan fingerprint density at radius 3 is 2.19 bits per heavy atom. The number of piperidine rings is 1. The Labute approximate surface area is 130 Å². The van der Waals surface area contributed by atoms with Crippen molar-refractivity contribution in [2.45, 2.75) is 90.4 Å². The summed E-state index contributed by atoms with van der Waals surface area (Å²) in [4.78, 5) is 15.8. The molecule has 2 unspecified atom stereocenters. The van der Waals surface area contributed by atoms with E-state index in [1.165, 1.54) is 19.3 Å². The highest BCUT2D eigenvalue weighted by Crippen LogP contribution is 2.45. The molecule has 0 radical (unpaired) electrons. The molecule has 122 valence electrons. The number of carbonyl (C=O) groups excluding carboxylic acids is 1.